The van der Waals surface area contributed by atoms with Gasteiger partial charge < -0.3 is 5.73 Å². The minimum atomic E-state index is -3.41. The second kappa shape index (κ2) is 7.45. The fourth-order valence-corrected chi connectivity index (χ4v) is 2.27. The van der Waals surface area contributed by atoms with E-state index in [0.717, 1.165) is 12.8 Å². The van der Waals surface area contributed by atoms with Gasteiger partial charge in [0.05, 0.1) is 0 Å². The van der Waals surface area contributed by atoms with Gasteiger partial charge in [-0.05, 0) is 26.7 Å². The third kappa shape index (κ3) is 7.40. The van der Waals surface area contributed by atoms with E-state index in [4.69, 9.17) is 5.73 Å². The highest BCUT2D eigenvalue weighted by molar-refractivity contribution is 7.87. The van der Waals surface area contributed by atoms with Gasteiger partial charge in [0.2, 0.25) is 0 Å². The first-order valence-electron chi connectivity index (χ1n) is 5.30. The number of hydrogen-bond acceptors (Lipinski definition) is 3. The van der Waals surface area contributed by atoms with Gasteiger partial charge in [0.1, 0.15) is 0 Å². The van der Waals surface area contributed by atoms with E-state index in [1.165, 1.54) is 0 Å². The molecule has 16 heavy (non-hydrogen) atoms. The Hall–Kier alpha value is 0.120. The molecule has 0 spiro atoms. The summed E-state index contributed by atoms with van der Waals surface area (Å²) in [5.74, 6) is 0. The molecule has 0 saturated heterocycles. The van der Waals surface area contributed by atoms with Crippen molar-refractivity contribution in [1.29, 1.82) is 0 Å². The van der Waals surface area contributed by atoms with Gasteiger partial charge in [0, 0.05) is 18.1 Å². The van der Waals surface area contributed by atoms with E-state index in [-0.39, 0.29) is 25.0 Å². The van der Waals surface area contributed by atoms with E-state index < -0.39 is 15.7 Å². The van der Waals surface area contributed by atoms with Gasteiger partial charge in [-0.1, -0.05) is 13.8 Å². The smallest absolute Gasteiger partial charge is 0.277 e. The largest absolute Gasteiger partial charge is 0.324 e. The van der Waals surface area contributed by atoms with Gasteiger partial charge in [-0.2, -0.15) is 13.1 Å². The number of rotatable bonds is 7. The Morgan fingerprint density at radius 1 is 1.25 bits per heavy atom. The summed E-state index contributed by atoms with van der Waals surface area (Å²) in [6, 6.07) is -0.113. The normalized spacial score (nSPS) is 12.6. The number of hydrogen-bond donors (Lipinski definition) is 3. The number of nitrogens with one attached hydrogen (secondary N) is 2. The van der Waals surface area contributed by atoms with E-state index in [2.05, 4.69) is 9.44 Å². The van der Waals surface area contributed by atoms with Crippen LogP contribution in [0.1, 0.15) is 40.5 Å². The molecule has 4 N–H and O–H groups in total. The fourth-order valence-electron chi connectivity index (χ4n) is 1.09. The van der Waals surface area contributed by atoms with Crippen molar-refractivity contribution in [1.82, 2.24) is 9.44 Å². The van der Waals surface area contributed by atoms with Crippen molar-refractivity contribution in [2.45, 2.75) is 52.1 Å². The zero-order chi connectivity index (χ0) is 12.1. The van der Waals surface area contributed by atoms with Crippen molar-refractivity contribution in [2.24, 2.45) is 5.73 Å². The second-order valence-corrected chi connectivity index (χ2v) is 5.70. The first kappa shape index (κ1) is 18.5. The van der Waals surface area contributed by atoms with E-state index in [1.807, 2.05) is 13.8 Å². The molecule has 0 unspecified atom stereocenters. The molecule has 0 rings (SSSR count). The molecule has 7 heteroatoms. The lowest BCUT2D eigenvalue weighted by Gasteiger charge is -2.26. The molecule has 0 radical (unpaired) electrons. The van der Waals surface area contributed by atoms with E-state index >= 15 is 0 Å². The summed E-state index contributed by atoms with van der Waals surface area (Å²) in [6.45, 7) is 7.71. The molecule has 0 heterocycles. The van der Waals surface area contributed by atoms with Crippen molar-refractivity contribution in [3.8, 4) is 0 Å². The van der Waals surface area contributed by atoms with Crippen LogP contribution in [0.25, 0.3) is 0 Å². The Bertz CT molecular complexity index is 276. The van der Waals surface area contributed by atoms with Crippen molar-refractivity contribution in [3.63, 3.8) is 0 Å². The second-order valence-electron chi connectivity index (χ2n) is 4.17. The summed E-state index contributed by atoms with van der Waals surface area (Å²) in [6.07, 6.45) is 1.49. The summed E-state index contributed by atoms with van der Waals surface area (Å²) in [7, 11) is -3.41. The highest BCUT2D eigenvalue weighted by Crippen LogP contribution is 2.09. The summed E-state index contributed by atoms with van der Waals surface area (Å²) in [5, 5.41) is 0. The van der Waals surface area contributed by atoms with Crippen LogP contribution in [-0.2, 0) is 10.2 Å². The lowest BCUT2D eigenvalue weighted by atomic mass is 9.95. The molecule has 0 aromatic heterocycles. The van der Waals surface area contributed by atoms with Crippen LogP contribution in [0.4, 0.5) is 0 Å². The molecule has 0 aliphatic carbocycles. The van der Waals surface area contributed by atoms with Crippen molar-refractivity contribution in [2.75, 3.05) is 6.54 Å². The van der Waals surface area contributed by atoms with Crippen molar-refractivity contribution in [3.05, 3.63) is 0 Å². The SMILES string of the molecule is CCC(N)(CC)CNS(=O)(=O)NC(C)C.Cl. The minimum Gasteiger partial charge on any atom is -0.324 e. The van der Waals surface area contributed by atoms with Crippen LogP contribution in [0.15, 0.2) is 0 Å². The quantitative estimate of drug-likeness (QED) is 0.640. The fraction of sp³-hybridized carbons (Fsp3) is 1.00. The maximum Gasteiger partial charge on any atom is 0.277 e. The molecule has 0 aliphatic rings. The molecule has 0 aromatic carbocycles. The Morgan fingerprint density at radius 3 is 2.00 bits per heavy atom. The topological polar surface area (TPSA) is 84.2 Å². The third-order valence-electron chi connectivity index (χ3n) is 2.41. The van der Waals surface area contributed by atoms with Crippen LogP contribution in [0.2, 0.25) is 0 Å². The average molecular weight is 274 g/mol. The summed E-state index contributed by atoms with van der Waals surface area (Å²) >= 11 is 0. The van der Waals surface area contributed by atoms with Crippen LogP contribution < -0.4 is 15.2 Å². The van der Waals surface area contributed by atoms with Gasteiger partial charge in [0.15, 0.2) is 0 Å². The highest BCUT2D eigenvalue weighted by Gasteiger charge is 2.23. The maximum atomic E-state index is 11.4. The third-order valence-corrected chi connectivity index (χ3v) is 3.72. The van der Waals surface area contributed by atoms with Gasteiger partial charge in [-0.3, -0.25) is 0 Å². The van der Waals surface area contributed by atoms with Gasteiger partial charge in [-0.25, -0.2) is 4.72 Å². The predicted molar refractivity (Wildman–Crippen MR) is 69.9 cm³/mol. The molecule has 0 amide bonds. The summed E-state index contributed by atoms with van der Waals surface area (Å²) in [5.41, 5.74) is 5.53. The molecule has 0 saturated carbocycles. The van der Waals surface area contributed by atoms with Crippen molar-refractivity contribution >= 4 is 22.6 Å². The lowest BCUT2D eigenvalue weighted by molar-refractivity contribution is 0.390. The van der Waals surface area contributed by atoms with Gasteiger partial charge >= 0.3 is 0 Å². The zero-order valence-electron chi connectivity index (χ0n) is 10.4. The van der Waals surface area contributed by atoms with Gasteiger partial charge in [-0.15, -0.1) is 12.4 Å². The first-order valence-corrected chi connectivity index (χ1v) is 6.79. The highest BCUT2D eigenvalue weighted by atomic mass is 35.5. The predicted octanol–water partition coefficient (Wildman–Crippen LogP) is 0.758. The molecule has 0 aliphatic heterocycles. The Morgan fingerprint density at radius 2 is 1.69 bits per heavy atom. The first-order chi connectivity index (χ1) is 6.74. The molecular formula is C9H24ClN3O2S. The molecule has 5 nitrogen and oxygen atoms in total. The van der Waals surface area contributed by atoms with Crippen LogP contribution in [0.5, 0.6) is 0 Å². The Kier molecular flexibility index (Phi) is 8.60. The van der Waals surface area contributed by atoms with E-state index in [9.17, 15) is 8.42 Å². The Labute approximate surface area is 105 Å². The monoisotopic (exact) mass is 273 g/mol. The standard InChI is InChI=1S/C9H23N3O2S.ClH/c1-5-9(10,6-2)7-11-15(13,14)12-8(3)4;/h8,11-12H,5-7,10H2,1-4H3;1H. The molecule has 0 fully saturated rings. The number of halogens is 1. The lowest BCUT2D eigenvalue weighted by Crippen LogP contribution is -2.52. The maximum absolute atomic E-state index is 11.4. The van der Waals surface area contributed by atoms with E-state index in [0.29, 0.717) is 0 Å². The summed E-state index contributed by atoms with van der Waals surface area (Å²) in [4.78, 5) is 0. The summed E-state index contributed by atoms with van der Waals surface area (Å²) < 4.78 is 27.8. The van der Waals surface area contributed by atoms with Crippen LogP contribution in [-0.4, -0.2) is 26.5 Å². The minimum absolute atomic E-state index is 0. The van der Waals surface area contributed by atoms with Crippen molar-refractivity contribution < 1.29 is 8.42 Å². The molecule has 100 valence electrons. The van der Waals surface area contributed by atoms with E-state index in [1.54, 1.807) is 13.8 Å². The zero-order valence-corrected chi connectivity index (χ0v) is 12.0. The molecular weight excluding hydrogens is 250 g/mol. The molecule has 0 aromatic rings. The van der Waals surface area contributed by atoms with Gasteiger partial charge in [0.25, 0.3) is 10.2 Å². The molecule has 0 bridgehead atoms. The Balaban J connectivity index is 0. The van der Waals surface area contributed by atoms with Crippen LogP contribution in [0, 0.1) is 0 Å². The number of nitrogens with two attached hydrogens (primary N) is 1. The average Bonchev–Trinajstić information content (AvgIpc) is 2.12. The molecule has 0 atom stereocenters. The van der Waals surface area contributed by atoms with Crippen LogP contribution >= 0.6 is 12.4 Å². The van der Waals surface area contributed by atoms with Crippen LogP contribution in [0.3, 0.4) is 0 Å².